The number of alkyl halides is 3. The number of fused-ring (bicyclic) bond motifs is 1. The fourth-order valence-electron chi connectivity index (χ4n) is 2.91. The van der Waals surface area contributed by atoms with Crippen LogP contribution >= 0.6 is 0 Å². The number of hydrogen-bond donors (Lipinski definition) is 1. The lowest BCUT2D eigenvalue weighted by Crippen LogP contribution is -2.11. The molecule has 1 N–H and O–H groups in total. The van der Waals surface area contributed by atoms with Crippen LogP contribution in [0.25, 0.3) is 22.0 Å². The van der Waals surface area contributed by atoms with Gasteiger partial charge >= 0.3 is 6.18 Å². The molecule has 0 atom stereocenters. The van der Waals surface area contributed by atoms with Crippen LogP contribution in [0.5, 0.6) is 0 Å². The van der Waals surface area contributed by atoms with Crippen molar-refractivity contribution in [3.63, 3.8) is 0 Å². The molecule has 2 aromatic carbocycles. The Hall–Kier alpha value is -3.55. The molecule has 4 rings (SSSR count). The summed E-state index contributed by atoms with van der Waals surface area (Å²) in [4.78, 5) is 11.1. The molecule has 146 valence electrons. The van der Waals surface area contributed by atoms with Gasteiger partial charge in [-0.2, -0.15) is 13.2 Å². The molecule has 4 aromatic rings. The topological polar surface area (TPSA) is 50.7 Å². The number of aromatic nitrogens is 3. The van der Waals surface area contributed by atoms with E-state index in [4.69, 9.17) is 0 Å². The molecule has 4 nitrogen and oxygen atoms in total. The SMILES string of the molecule is Fc1ccc(-c2ccc3nccc(NCc4cnc(C(F)(F)F)nc4)c3c2)cc1. The van der Waals surface area contributed by atoms with E-state index in [2.05, 4.69) is 20.3 Å². The molecule has 0 bridgehead atoms. The van der Waals surface area contributed by atoms with E-state index in [0.29, 0.717) is 5.56 Å². The number of anilines is 1. The van der Waals surface area contributed by atoms with Crippen molar-refractivity contribution in [3.05, 3.63) is 84.3 Å². The summed E-state index contributed by atoms with van der Waals surface area (Å²) in [5.41, 5.74) is 3.78. The highest BCUT2D eigenvalue weighted by atomic mass is 19.4. The normalized spacial score (nSPS) is 11.6. The van der Waals surface area contributed by atoms with Crippen molar-refractivity contribution in [2.45, 2.75) is 12.7 Å². The molecule has 0 unspecified atom stereocenters. The van der Waals surface area contributed by atoms with Crippen molar-refractivity contribution >= 4 is 16.6 Å². The van der Waals surface area contributed by atoms with E-state index >= 15 is 0 Å². The van der Waals surface area contributed by atoms with Gasteiger partial charge in [0.05, 0.1) is 5.52 Å². The van der Waals surface area contributed by atoms with Crippen molar-refractivity contribution in [3.8, 4) is 11.1 Å². The average Bonchev–Trinajstić information content (AvgIpc) is 2.72. The number of benzene rings is 2. The van der Waals surface area contributed by atoms with Crippen LogP contribution in [0.2, 0.25) is 0 Å². The largest absolute Gasteiger partial charge is 0.451 e. The molecule has 0 aliphatic rings. The average molecular weight is 398 g/mol. The van der Waals surface area contributed by atoms with E-state index in [0.717, 1.165) is 40.1 Å². The van der Waals surface area contributed by atoms with E-state index in [-0.39, 0.29) is 12.4 Å². The lowest BCUT2D eigenvalue weighted by molar-refractivity contribution is -0.145. The quantitative estimate of drug-likeness (QED) is 0.464. The highest BCUT2D eigenvalue weighted by Crippen LogP contribution is 2.29. The summed E-state index contributed by atoms with van der Waals surface area (Å²) in [6.45, 7) is 0.248. The predicted octanol–water partition coefficient (Wildman–Crippen LogP) is 5.46. The van der Waals surface area contributed by atoms with Gasteiger partial charge in [-0.05, 0) is 41.5 Å². The number of hydrogen-bond acceptors (Lipinski definition) is 4. The summed E-state index contributed by atoms with van der Waals surface area (Å²) < 4.78 is 50.9. The minimum absolute atomic E-state index is 0.248. The summed E-state index contributed by atoms with van der Waals surface area (Å²) in [6.07, 6.45) is -0.623. The molecule has 29 heavy (non-hydrogen) atoms. The molecule has 0 spiro atoms. The Kier molecular flexibility index (Phi) is 4.84. The van der Waals surface area contributed by atoms with Gasteiger partial charge in [-0.1, -0.05) is 18.2 Å². The van der Waals surface area contributed by atoms with Crippen molar-refractivity contribution in [1.29, 1.82) is 0 Å². The van der Waals surface area contributed by atoms with Crippen LogP contribution in [0.15, 0.2) is 67.1 Å². The fraction of sp³-hybridized carbons (Fsp3) is 0.0952. The molecule has 8 heteroatoms. The fourth-order valence-corrected chi connectivity index (χ4v) is 2.91. The van der Waals surface area contributed by atoms with Crippen LogP contribution in [0.3, 0.4) is 0 Å². The van der Waals surface area contributed by atoms with E-state index in [1.807, 2.05) is 18.2 Å². The molecule has 0 amide bonds. The standard InChI is InChI=1S/C21H14F4N4/c22-16-4-1-14(2-5-16)15-3-6-18-17(9-15)19(7-8-26-18)27-10-13-11-28-20(29-12-13)21(23,24)25/h1-9,11-12H,10H2,(H,26,27). The highest BCUT2D eigenvalue weighted by Gasteiger charge is 2.34. The second kappa shape index (κ2) is 7.46. The van der Waals surface area contributed by atoms with Gasteiger partial charge in [-0.3, -0.25) is 4.98 Å². The van der Waals surface area contributed by atoms with Crippen LogP contribution in [-0.4, -0.2) is 15.0 Å². The first-order valence-corrected chi connectivity index (χ1v) is 8.67. The first-order valence-electron chi connectivity index (χ1n) is 8.67. The zero-order chi connectivity index (χ0) is 20.4. The molecule has 2 aromatic heterocycles. The third kappa shape index (κ3) is 4.16. The lowest BCUT2D eigenvalue weighted by atomic mass is 10.0. The minimum atomic E-state index is -4.57. The second-order valence-electron chi connectivity index (χ2n) is 6.36. The Balaban J connectivity index is 1.60. The van der Waals surface area contributed by atoms with E-state index in [1.54, 1.807) is 24.4 Å². The maximum absolute atomic E-state index is 13.2. The maximum atomic E-state index is 13.2. The zero-order valence-corrected chi connectivity index (χ0v) is 14.9. The molecule has 0 aliphatic heterocycles. The Bertz CT molecular complexity index is 1140. The highest BCUT2D eigenvalue weighted by molar-refractivity contribution is 5.94. The Labute approximate surface area is 163 Å². The number of pyridine rings is 1. The molecule has 0 saturated carbocycles. The minimum Gasteiger partial charge on any atom is -0.380 e. The molecule has 0 aliphatic carbocycles. The summed E-state index contributed by atoms with van der Waals surface area (Å²) in [6, 6.07) is 13.7. The van der Waals surface area contributed by atoms with E-state index in [1.165, 1.54) is 12.1 Å². The number of rotatable bonds is 4. The molecule has 0 radical (unpaired) electrons. The van der Waals surface area contributed by atoms with Gasteiger partial charge in [0.25, 0.3) is 0 Å². The third-order valence-electron chi connectivity index (χ3n) is 4.36. The van der Waals surface area contributed by atoms with Gasteiger partial charge in [-0.15, -0.1) is 0 Å². The molecule has 0 saturated heterocycles. The Morgan fingerprint density at radius 1 is 0.828 bits per heavy atom. The van der Waals surface area contributed by atoms with Gasteiger partial charge in [0.2, 0.25) is 5.82 Å². The van der Waals surface area contributed by atoms with E-state index < -0.39 is 12.0 Å². The lowest BCUT2D eigenvalue weighted by Gasteiger charge is -2.11. The van der Waals surface area contributed by atoms with Crippen LogP contribution < -0.4 is 5.32 Å². The van der Waals surface area contributed by atoms with Crippen LogP contribution in [0, 0.1) is 5.82 Å². The van der Waals surface area contributed by atoms with Crippen LogP contribution in [-0.2, 0) is 12.7 Å². The van der Waals surface area contributed by atoms with Gasteiger partial charge in [-0.25, -0.2) is 14.4 Å². The number of nitrogens with one attached hydrogen (secondary N) is 1. The molecule has 2 heterocycles. The monoisotopic (exact) mass is 398 g/mol. The summed E-state index contributed by atoms with van der Waals surface area (Å²) >= 11 is 0. The molecular weight excluding hydrogens is 384 g/mol. The van der Waals surface area contributed by atoms with Crippen molar-refractivity contribution in [1.82, 2.24) is 15.0 Å². The van der Waals surface area contributed by atoms with Gasteiger partial charge in [0, 0.05) is 41.8 Å². The first kappa shape index (κ1) is 18.8. The van der Waals surface area contributed by atoms with Crippen molar-refractivity contribution < 1.29 is 17.6 Å². The van der Waals surface area contributed by atoms with Crippen molar-refractivity contribution in [2.24, 2.45) is 0 Å². The summed E-state index contributed by atoms with van der Waals surface area (Å²) in [5.74, 6) is -1.48. The van der Waals surface area contributed by atoms with Crippen molar-refractivity contribution in [2.75, 3.05) is 5.32 Å². The third-order valence-corrected chi connectivity index (χ3v) is 4.36. The molecule has 0 fully saturated rings. The van der Waals surface area contributed by atoms with Gasteiger partial charge in [0.1, 0.15) is 5.82 Å². The zero-order valence-electron chi connectivity index (χ0n) is 14.9. The van der Waals surface area contributed by atoms with Crippen LogP contribution in [0.1, 0.15) is 11.4 Å². The number of halogens is 4. The first-order chi connectivity index (χ1) is 13.9. The summed E-state index contributed by atoms with van der Waals surface area (Å²) in [5, 5.41) is 4.02. The smallest absolute Gasteiger partial charge is 0.380 e. The van der Waals surface area contributed by atoms with Gasteiger partial charge in [0.15, 0.2) is 0 Å². The maximum Gasteiger partial charge on any atom is 0.451 e. The predicted molar refractivity (Wildman–Crippen MR) is 101 cm³/mol. The molecular formula is C21H14F4N4. The summed E-state index contributed by atoms with van der Waals surface area (Å²) in [7, 11) is 0. The Morgan fingerprint density at radius 2 is 1.52 bits per heavy atom. The Morgan fingerprint density at radius 3 is 2.21 bits per heavy atom. The number of nitrogens with zero attached hydrogens (tertiary/aromatic N) is 3. The van der Waals surface area contributed by atoms with Crippen LogP contribution in [0.4, 0.5) is 23.2 Å². The second-order valence-corrected chi connectivity index (χ2v) is 6.36. The van der Waals surface area contributed by atoms with Gasteiger partial charge < -0.3 is 5.32 Å². The van der Waals surface area contributed by atoms with E-state index in [9.17, 15) is 17.6 Å².